The number of amides is 3. The van der Waals surface area contributed by atoms with Crippen LogP contribution >= 0.6 is 0 Å². The summed E-state index contributed by atoms with van der Waals surface area (Å²) >= 11 is 0. The van der Waals surface area contributed by atoms with Crippen molar-refractivity contribution in [3.05, 3.63) is 57.5 Å². The lowest BCUT2D eigenvalue weighted by Crippen LogP contribution is -2.57. The van der Waals surface area contributed by atoms with Gasteiger partial charge in [0.05, 0.1) is 0 Å². The number of fused-ring (bicyclic) bond motifs is 2. The Bertz CT molecular complexity index is 1340. The first-order chi connectivity index (χ1) is 18.6. The van der Waals surface area contributed by atoms with E-state index in [-0.39, 0.29) is 18.3 Å². The largest absolute Gasteiger partial charge is 0.501 e. The summed E-state index contributed by atoms with van der Waals surface area (Å²) in [6.07, 6.45) is 2.36. The lowest BCUT2D eigenvalue weighted by atomic mass is 9.76. The van der Waals surface area contributed by atoms with Gasteiger partial charge in [0.25, 0.3) is 11.5 Å². The third-order valence-electron chi connectivity index (χ3n) is 8.44. The molecule has 0 spiro atoms. The smallest absolute Gasteiger partial charge is 0.312 e. The van der Waals surface area contributed by atoms with Crippen molar-refractivity contribution >= 4 is 17.7 Å². The molecule has 1 saturated carbocycles. The molecule has 1 saturated heterocycles. The van der Waals surface area contributed by atoms with Crippen molar-refractivity contribution in [2.45, 2.75) is 44.3 Å². The van der Waals surface area contributed by atoms with Gasteiger partial charge in [-0.05, 0) is 56.3 Å². The highest BCUT2D eigenvalue weighted by Crippen LogP contribution is 2.46. The van der Waals surface area contributed by atoms with E-state index < -0.39 is 46.1 Å². The molecule has 2 bridgehead atoms. The molecule has 12 heteroatoms. The van der Waals surface area contributed by atoms with E-state index in [4.69, 9.17) is 0 Å². The molecule has 1 aromatic carbocycles. The number of hydrogen-bond donors (Lipinski definition) is 2. The number of aromatic hydroxyl groups is 1. The molecule has 0 radical (unpaired) electrons. The Balaban J connectivity index is 1.47. The van der Waals surface area contributed by atoms with E-state index in [1.165, 1.54) is 33.7 Å². The summed E-state index contributed by atoms with van der Waals surface area (Å²) in [6.45, 7) is 2.58. The Labute approximate surface area is 225 Å². The number of rotatable bonds is 4. The quantitative estimate of drug-likeness (QED) is 0.545. The van der Waals surface area contributed by atoms with Crippen molar-refractivity contribution in [1.29, 1.82) is 0 Å². The number of benzene rings is 1. The lowest BCUT2D eigenvalue weighted by molar-refractivity contribution is -0.157. The highest BCUT2D eigenvalue weighted by atomic mass is 19.1. The molecule has 4 aliphatic rings. The van der Waals surface area contributed by atoms with Gasteiger partial charge in [-0.3, -0.25) is 23.7 Å². The maximum Gasteiger partial charge on any atom is 0.312 e. The Morgan fingerprint density at radius 2 is 1.77 bits per heavy atom. The van der Waals surface area contributed by atoms with Gasteiger partial charge in [0.1, 0.15) is 17.2 Å². The van der Waals surface area contributed by atoms with Gasteiger partial charge in [0.15, 0.2) is 5.69 Å². The molecule has 0 atom stereocenters. The monoisotopic (exact) mass is 540 g/mol. The number of likely N-dealkylation sites (N-methyl/N-ethyl adjacent to an activating group) is 2. The number of carbonyl (C=O) groups excluding carboxylic acids is 3. The van der Waals surface area contributed by atoms with Crippen molar-refractivity contribution in [3.8, 4) is 5.75 Å². The van der Waals surface area contributed by atoms with Gasteiger partial charge in [-0.25, -0.2) is 9.37 Å². The van der Waals surface area contributed by atoms with Gasteiger partial charge in [-0.1, -0.05) is 12.1 Å². The second-order valence-electron chi connectivity index (χ2n) is 10.8. The minimum absolute atomic E-state index is 0.0315. The van der Waals surface area contributed by atoms with Gasteiger partial charge < -0.3 is 25.1 Å². The highest BCUT2D eigenvalue weighted by Gasteiger charge is 2.50. The number of piperazine rings is 1. The molecule has 11 nitrogen and oxygen atoms in total. The van der Waals surface area contributed by atoms with E-state index in [0.717, 1.165) is 0 Å². The molecule has 2 aromatic rings. The Morgan fingerprint density at radius 1 is 1.13 bits per heavy atom. The zero-order valence-corrected chi connectivity index (χ0v) is 22.2. The predicted molar refractivity (Wildman–Crippen MR) is 138 cm³/mol. The fourth-order valence-corrected chi connectivity index (χ4v) is 5.88. The van der Waals surface area contributed by atoms with Crippen LogP contribution in [-0.2, 0) is 28.2 Å². The average Bonchev–Trinajstić information content (AvgIpc) is 3.21. The van der Waals surface area contributed by atoms with Crippen LogP contribution in [0.2, 0.25) is 0 Å². The van der Waals surface area contributed by atoms with Crippen LogP contribution in [0.1, 0.15) is 47.6 Å². The Morgan fingerprint density at radius 3 is 2.41 bits per heavy atom. The summed E-state index contributed by atoms with van der Waals surface area (Å²) in [5.41, 5.74) is -1.65. The SMILES string of the molecule is CN1CCN(C(=O)C(=O)N(C)C23CCC(CC2)Cn2c3nc(C(=O)NCc3ccc(F)cc3)c(O)c2=O)CC1. The summed E-state index contributed by atoms with van der Waals surface area (Å²) in [7, 11) is 3.52. The second kappa shape index (κ2) is 10.4. The van der Waals surface area contributed by atoms with Crippen molar-refractivity contribution in [3.63, 3.8) is 0 Å². The first-order valence-corrected chi connectivity index (χ1v) is 13.2. The highest BCUT2D eigenvalue weighted by molar-refractivity contribution is 6.35. The number of nitrogens with zero attached hydrogens (tertiary/aromatic N) is 5. The normalized spacial score (nSPS) is 22.6. The minimum atomic E-state index is -1.08. The lowest BCUT2D eigenvalue weighted by Gasteiger charge is -2.44. The standard InChI is InChI=1S/C27H33FN6O5/c1-31-11-13-33(14-12-31)25(39)24(38)32(2)27-9-7-18(8-10-27)16-34-23(37)21(35)20(30-26(27)34)22(36)29-15-17-3-5-19(28)6-4-17/h3-6,18,35H,7-16H2,1-2H3,(H,29,36). The Hall–Kier alpha value is -3.80. The molecule has 3 aliphatic heterocycles. The number of nitrogens with one attached hydrogen (secondary N) is 1. The van der Waals surface area contributed by atoms with Crippen LogP contribution < -0.4 is 10.9 Å². The molecule has 2 N–H and O–H groups in total. The van der Waals surface area contributed by atoms with Gasteiger partial charge in [0, 0.05) is 46.3 Å². The molecule has 0 unspecified atom stereocenters. The van der Waals surface area contributed by atoms with Crippen LogP contribution in [0.15, 0.2) is 29.1 Å². The van der Waals surface area contributed by atoms with Crippen molar-refractivity contribution < 1.29 is 23.9 Å². The summed E-state index contributed by atoms with van der Waals surface area (Å²) in [5, 5.41) is 13.3. The van der Waals surface area contributed by atoms with Crippen LogP contribution in [0, 0.1) is 11.7 Å². The molecule has 3 amide bonds. The van der Waals surface area contributed by atoms with Crippen LogP contribution in [0.4, 0.5) is 4.39 Å². The number of halogens is 1. The van der Waals surface area contributed by atoms with Gasteiger partial charge in [0.2, 0.25) is 5.75 Å². The Kier molecular flexibility index (Phi) is 7.15. The van der Waals surface area contributed by atoms with Gasteiger partial charge >= 0.3 is 11.8 Å². The first kappa shape index (κ1) is 26.8. The van der Waals surface area contributed by atoms with Crippen LogP contribution in [0.25, 0.3) is 0 Å². The summed E-state index contributed by atoms with van der Waals surface area (Å²) in [4.78, 5) is 62.7. The topological polar surface area (TPSA) is 128 Å². The molecule has 39 heavy (non-hydrogen) atoms. The maximum absolute atomic E-state index is 13.5. The fraction of sp³-hybridized carbons (Fsp3) is 0.519. The van der Waals surface area contributed by atoms with Crippen LogP contribution in [-0.4, -0.2) is 87.4 Å². The van der Waals surface area contributed by atoms with Gasteiger partial charge in [-0.15, -0.1) is 0 Å². The number of carbonyl (C=O) groups is 3. The molecular formula is C27H33FN6O5. The summed E-state index contributed by atoms with van der Waals surface area (Å²) in [6, 6.07) is 5.56. The fourth-order valence-electron chi connectivity index (χ4n) is 5.88. The zero-order valence-electron chi connectivity index (χ0n) is 22.2. The molecule has 2 fully saturated rings. The molecular weight excluding hydrogens is 507 g/mol. The maximum atomic E-state index is 13.5. The van der Waals surface area contributed by atoms with E-state index in [2.05, 4.69) is 15.2 Å². The summed E-state index contributed by atoms with van der Waals surface area (Å²) < 4.78 is 14.6. The van der Waals surface area contributed by atoms with Gasteiger partial charge in [-0.2, -0.15) is 0 Å². The third-order valence-corrected chi connectivity index (χ3v) is 8.44. The van der Waals surface area contributed by atoms with E-state index in [1.807, 2.05) is 7.05 Å². The molecule has 208 valence electrons. The van der Waals surface area contributed by atoms with Crippen molar-refractivity contribution in [2.75, 3.05) is 40.3 Å². The van der Waals surface area contributed by atoms with Crippen LogP contribution in [0.5, 0.6) is 5.75 Å². The molecule has 6 rings (SSSR count). The summed E-state index contributed by atoms with van der Waals surface area (Å²) in [5.74, 6) is -2.88. The molecule has 1 aliphatic carbocycles. The number of hydrogen-bond acceptors (Lipinski definition) is 7. The molecule has 1 aromatic heterocycles. The average molecular weight is 541 g/mol. The van der Waals surface area contributed by atoms with Crippen molar-refractivity contribution in [1.82, 2.24) is 29.6 Å². The van der Waals surface area contributed by atoms with E-state index in [1.54, 1.807) is 11.9 Å². The zero-order chi connectivity index (χ0) is 27.9. The van der Waals surface area contributed by atoms with Crippen LogP contribution in [0.3, 0.4) is 0 Å². The third kappa shape index (κ3) is 4.88. The second-order valence-corrected chi connectivity index (χ2v) is 10.8. The van der Waals surface area contributed by atoms with Crippen molar-refractivity contribution in [2.24, 2.45) is 5.92 Å². The number of aromatic nitrogens is 2. The predicted octanol–water partition coefficient (Wildman–Crippen LogP) is 0.650. The van der Waals surface area contributed by atoms with E-state index in [9.17, 15) is 28.7 Å². The first-order valence-electron chi connectivity index (χ1n) is 13.2. The minimum Gasteiger partial charge on any atom is -0.501 e. The van der Waals surface area contributed by atoms with E-state index in [0.29, 0.717) is 64.0 Å². The van der Waals surface area contributed by atoms with E-state index >= 15 is 0 Å². The molecule has 4 heterocycles.